The van der Waals surface area contributed by atoms with Crippen molar-refractivity contribution >= 4 is 17.4 Å². The van der Waals surface area contributed by atoms with Gasteiger partial charge in [0, 0.05) is 10.5 Å². The van der Waals surface area contributed by atoms with Crippen LogP contribution in [0.15, 0.2) is 77.5 Å². The maximum Gasteiger partial charge on any atom is 0.292 e. The zero-order valence-corrected chi connectivity index (χ0v) is 18.8. The van der Waals surface area contributed by atoms with Gasteiger partial charge in [0.2, 0.25) is 5.70 Å². The fraction of sp³-hybridized carbons (Fsp3) is 0.160. The largest absolute Gasteiger partial charge is 0.505 e. The number of ether oxygens (including phenoxy) is 1. The Kier molecular flexibility index (Phi) is 5.91. The topological polar surface area (TPSA) is 72.5 Å². The van der Waals surface area contributed by atoms with Crippen LogP contribution in [0.25, 0.3) is 26.3 Å². The average molecular weight is 451 g/mol. The third-order valence-electron chi connectivity index (χ3n) is 5.04. The standard InChI is InChI=1S/C25H18N6OS/c1-25(2)19(23(28-4)24(32-25)20(14-26)27-3)12-10-18-11-13-22(33-18)21-16-31(30-29-21)15-17-8-6-5-7-9-17/h5-13,16H,15H2,1-2H3. The van der Waals surface area contributed by atoms with Gasteiger partial charge in [0.15, 0.2) is 0 Å². The Bertz CT molecular complexity index is 1400. The van der Waals surface area contributed by atoms with Gasteiger partial charge in [-0.1, -0.05) is 41.6 Å². The van der Waals surface area contributed by atoms with Crippen LogP contribution in [0.5, 0.6) is 0 Å². The Morgan fingerprint density at radius 2 is 2.00 bits per heavy atom. The maximum atomic E-state index is 9.20. The van der Waals surface area contributed by atoms with Crippen LogP contribution < -0.4 is 0 Å². The highest BCUT2D eigenvalue weighted by Gasteiger charge is 2.38. The third kappa shape index (κ3) is 4.45. The molecular formula is C25H18N6OS. The molecule has 0 unspecified atom stereocenters. The summed E-state index contributed by atoms with van der Waals surface area (Å²) in [4.78, 5) is 8.70. The van der Waals surface area contributed by atoms with Crippen molar-refractivity contribution in [1.29, 1.82) is 5.26 Å². The van der Waals surface area contributed by atoms with E-state index in [4.69, 9.17) is 17.9 Å². The third-order valence-corrected chi connectivity index (χ3v) is 6.11. The molecule has 0 saturated heterocycles. The van der Waals surface area contributed by atoms with Crippen LogP contribution in [-0.4, -0.2) is 20.6 Å². The fourth-order valence-electron chi connectivity index (χ4n) is 3.45. The molecule has 3 heterocycles. The van der Waals surface area contributed by atoms with E-state index < -0.39 is 5.60 Å². The van der Waals surface area contributed by atoms with Crippen LogP contribution in [0.2, 0.25) is 0 Å². The molecule has 8 heteroatoms. The van der Waals surface area contributed by atoms with Crippen molar-refractivity contribution in [2.24, 2.45) is 0 Å². The highest BCUT2D eigenvalue weighted by molar-refractivity contribution is 7.16. The number of hydrogen-bond donors (Lipinski definition) is 0. The van der Waals surface area contributed by atoms with E-state index in [-0.39, 0.29) is 17.2 Å². The van der Waals surface area contributed by atoms with Gasteiger partial charge in [0.1, 0.15) is 17.1 Å². The first kappa shape index (κ1) is 21.8. The second kappa shape index (κ2) is 8.96. The first-order valence-electron chi connectivity index (χ1n) is 10.0. The Hall–Kier alpha value is -4.45. The molecule has 1 aliphatic heterocycles. The molecule has 1 aliphatic rings. The van der Waals surface area contributed by atoms with E-state index >= 15 is 0 Å². The van der Waals surface area contributed by atoms with Crippen LogP contribution in [0, 0.1) is 24.5 Å². The van der Waals surface area contributed by atoms with Gasteiger partial charge < -0.3 is 4.74 Å². The predicted octanol–water partition coefficient (Wildman–Crippen LogP) is 5.70. The van der Waals surface area contributed by atoms with Crippen LogP contribution in [0.3, 0.4) is 0 Å². The summed E-state index contributed by atoms with van der Waals surface area (Å²) in [5.41, 5.74) is 1.74. The van der Waals surface area contributed by atoms with E-state index in [1.165, 1.54) is 0 Å². The Morgan fingerprint density at radius 1 is 1.21 bits per heavy atom. The van der Waals surface area contributed by atoms with Crippen LogP contribution in [-0.2, 0) is 11.3 Å². The molecule has 0 bridgehead atoms. The van der Waals surface area contributed by atoms with E-state index in [1.54, 1.807) is 11.3 Å². The van der Waals surface area contributed by atoms with Crippen molar-refractivity contribution in [3.63, 3.8) is 0 Å². The van der Waals surface area contributed by atoms with Gasteiger partial charge in [-0.25, -0.2) is 19.6 Å². The number of thiophene rings is 1. The molecule has 0 saturated carbocycles. The SMILES string of the molecule is [C-]#[N+]C(C#N)=C1OC(C)(C)C(C=Cc2ccc(-c3cn(Cc4ccccc4)nn3)s2)=C1[N+]#[C-]. The summed E-state index contributed by atoms with van der Waals surface area (Å²) >= 11 is 1.56. The van der Waals surface area contributed by atoms with Crippen molar-refractivity contribution in [2.45, 2.75) is 26.0 Å². The number of aromatic nitrogens is 3. The summed E-state index contributed by atoms with van der Waals surface area (Å²) in [6.45, 7) is 19.0. The Balaban J connectivity index is 1.58. The van der Waals surface area contributed by atoms with Gasteiger partial charge in [0.05, 0.1) is 36.8 Å². The second-order valence-corrected chi connectivity index (χ2v) is 8.83. The van der Waals surface area contributed by atoms with Crippen LogP contribution in [0.4, 0.5) is 0 Å². The summed E-state index contributed by atoms with van der Waals surface area (Å²) in [7, 11) is 0. The monoisotopic (exact) mass is 450 g/mol. The maximum absolute atomic E-state index is 9.20. The molecule has 0 radical (unpaired) electrons. The molecule has 0 fully saturated rings. The fourth-order valence-corrected chi connectivity index (χ4v) is 4.31. The molecule has 7 nitrogen and oxygen atoms in total. The number of nitriles is 1. The lowest BCUT2D eigenvalue weighted by molar-refractivity contribution is 0.0952. The van der Waals surface area contributed by atoms with Gasteiger partial charge in [-0.2, -0.15) is 0 Å². The normalized spacial score (nSPS) is 16.2. The van der Waals surface area contributed by atoms with Crippen molar-refractivity contribution in [1.82, 2.24) is 15.0 Å². The molecule has 4 rings (SSSR count). The van der Waals surface area contributed by atoms with E-state index in [0.717, 1.165) is 21.0 Å². The van der Waals surface area contributed by atoms with Gasteiger partial charge in [-0.15, -0.1) is 16.4 Å². The lowest BCUT2D eigenvalue weighted by Crippen LogP contribution is -2.20. The molecule has 3 aromatic rings. The minimum Gasteiger partial charge on any atom is -0.505 e. The number of allylic oxidation sites excluding steroid dienone is 1. The summed E-state index contributed by atoms with van der Waals surface area (Å²) < 4.78 is 7.62. The highest BCUT2D eigenvalue weighted by Crippen LogP contribution is 2.42. The second-order valence-electron chi connectivity index (χ2n) is 7.71. The number of nitrogens with zero attached hydrogens (tertiary/aromatic N) is 6. The van der Waals surface area contributed by atoms with Crippen LogP contribution in [0.1, 0.15) is 24.3 Å². The number of rotatable bonds is 5. The Labute approximate surface area is 195 Å². The van der Waals surface area contributed by atoms with Crippen molar-refractivity contribution in [2.75, 3.05) is 0 Å². The van der Waals surface area contributed by atoms with Crippen molar-refractivity contribution in [3.8, 4) is 16.6 Å². The summed E-state index contributed by atoms with van der Waals surface area (Å²) in [5, 5.41) is 17.7. The lowest BCUT2D eigenvalue weighted by atomic mass is 9.97. The van der Waals surface area contributed by atoms with Gasteiger partial charge >= 0.3 is 0 Å². The predicted molar refractivity (Wildman–Crippen MR) is 126 cm³/mol. The highest BCUT2D eigenvalue weighted by atomic mass is 32.1. The minimum atomic E-state index is -0.821. The van der Waals surface area contributed by atoms with Gasteiger partial charge in [-0.05, 0) is 37.6 Å². The average Bonchev–Trinajstić information content (AvgIpc) is 3.52. The molecule has 1 aromatic carbocycles. The van der Waals surface area contributed by atoms with Crippen LogP contribution >= 0.6 is 11.3 Å². The molecule has 0 amide bonds. The summed E-state index contributed by atoms with van der Waals surface area (Å²) in [6, 6.07) is 15.9. The molecule has 0 atom stereocenters. The quantitative estimate of drug-likeness (QED) is 0.369. The minimum absolute atomic E-state index is 0.0500. The van der Waals surface area contributed by atoms with E-state index in [0.29, 0.717) is 12.1 Å². The van der Waals surface area contributed by atoms with Gasteiger partial charge in [0.25, 0.3) is 5.70 Å². The molecule has 0 aliphatic carbocycles. The number of benzene rings is 1. The molecule has 0 N–H and O–H groups in total. The first-order chi connectivity index (χ1) is 15.9. The number of hydrogen-bond acceptors (Lipinski definition) is 5. The van der Waals surface area contributed by atoms with Gasteiger partial charge in [-0.3, -0.25) is 0 Å². The van der Waals surface area contributed by atoms with E-state index in [2.05, 4.69) is 20.0 Å². The lowest BCUT2D eigenvalue weighted by Gasteiger charge is -2.21. The molecular weight excluding hydrogens is 432 g/mol. The zero-order valence-electron chi connectivity index (χ0n) is 18.0. The molecule has 33 heavy (non-hydrogen) atoms. The molecule has 0 spiro atoms. The van der Waals surface area contributed by atoms with E-state index in [1.807, 2.05) is 85.4 Å². The van der Waals surface area contributed by atoms with Crippen molar-refractivity contribution in [3.05, 3.63) is 111 Å². The molecule has 2 aromatic heterocycles. The summed E-state index contributed by atoms with van der Waals surface area (Å²) in [5.74, 6) is 0.0500. The summed E-state index contributed by atoms with van der Waals surface area (Å²) in [6.07, 6.45) is 5.65. The zero-order chi connectivity index (χ0) is 23.4. The molecule has 160 valence electrons. The van der Waals surface area contributed by atoms with E-state index in [9.17, 15) is 5.26 Å². The first-order valence-corrected chi connectivity index (χ1v) is 10.8. The van der Waals surface area contributed by atoms with Crippen molar-refractivity contribution < 1.29 is 4.74 Å². The smallest absolute Gasteiger partial charge is 0.292 e. The Morgan fingerprint density at radius 3 is 2.70 bits per heavy atom.